The number of benzene rings is 1. The molecule has 0 unspecified atom stereocenters. The SMILES string of the molecule is Nc1ccc(-c2ccc(C(=O)N3CCCCC3)s2)cc1. The number of anilines is 1. The van der Waals surface area contributed by atoms with Gasteiger partial charge >= 0.3 is 0 Å². The van der Waals surface area contributed by atoms with E-state index in [0.29, 0.717) is 0 Å². The highest BCUT2D eigenvalue weighted by atomic mass is 32.1. The third-order valence-corrected chi connectivity index (χ3v) is 4.78. The minimum Gasteiger partial charge on any atom is -0.399 e. The molecule has 1 aromatic carbocycles. The van der Waals surface area contributed by atoms with Crippen molar-refractivity contribution in [1.29, 1.82) is 0 Å². The third kappa shape index (κ3) is 2.70. The van der Waals surface area contributed by atoms with Gasteiger partial charge in [0.15, 0.2) is 0 Å². The molecule has 104 valence electrons. The highest BCUT2D eigenvalue weighted by Crippen LogP contribution is 2.29. The highest BCUT2D eigenvalue weighted by molar-refractivity contribution is 7.17. The molecule has 1 saturated heterocycles. The van der Waals surface area contributed by atoms with Crippen molar-refractivity contribution in [3.63, 3.8) is 0 Å². The number of carbonyl (C=O) groups excluding carboxylic acids is 1. The van der Waals surface area contributed by atoms with E-state index in [4.69, 9.17) is 5.73 Å². The maximum atomic E-state index is 12.4. The number of hydrogen-bond donors (Lipinski definition) is 1. The monoisotopic (exact) mass is 286 g/mol. The molecule has 1 aliphatic heterocycles. The summed E-state index contributed by atoms with van der Waals surface area (Å²) in [6.45, 7) is 1.79. The largest absolute Gasteiger partial charge is 0.399 e. The molecule has 0 spiro atoms. The van der Waals surface area contributed by atoms with Gasteiger partial charge in [0.05, 0.1) is 4.88 Å². The van der Waals surface area contributed by atoms with E-state index >= 15 is 0 Å². The van der Waals surface area contributed by atoms with Gasteiger partial charge in [0.2, 0.25) is 0 Å². The first-order valence-corrected chi connectivity index (χ1v) is 7.81. The fraction of sp³-hybridized carbons (Fsp3) is 0.312. The van der Waals surface area contributed by atoms with E-state index in [2.05, 4.69) is 0 Å². The number of nitrogens with zero attached hydrogens (tertiary/aromatic N) is 1. The first kappa shape index (κ1) is 13.2. The van der Waals surface area contributed by atoms with E-state index < -0.39 is 0 Å². The predicted octanol–water partition coefficient (Wildman–Crippen LogP) is 3.62. The lowest BCUT2D eigenvalue weighted by atomic mass is 10.1. The van der Waals surface area contributed by atoms with Crippen LogP contribution in [0.2, 0.25) is 0 Å². The van der Waals surface area contributed by atoms with Gasteiger partial charge in [0.1, 0.15) is 0 Å². The molecule has 3 rings (SSSR count). The smallest absolute Gasteiger partial charge is 0.263 e. The molecule has 0 saturated carbocycles. The van der Waals surface area contributed by atoms with Crippen LogP contribution in [0, 0.1) is 0 Å². The Morgan fingerprint density at radius 1 is 1.00 bits per heavy atom. The Morgan fingerprint density at radius 2 is 1.70 bits per heavy atom. The van der Waals surface area contributed by atoms with Crippen molar-refractivity contribution < 1.29 is 4.79 Å². The number of piperidine rings is 1. The third-order valence-electron chi connectivity index (χ3n) is 3.66. The Bertz CT molecular complexity index is 597. The van der Waals surface area contributed by atoms with E-state index in [-0.39, 0.29) is 5.91 Å². The summed E-state index contributed by atoms with van der Waals surface area (Å²) >= 11 is 1.56. The van der Waals surface area contributed by atoms with Crippen molar-refractivity contribution in [3.8, 4) is 10.4 Å². The zero-order valence-electron chi connectivity index (χ0n) is 11.3. The molecule has 1 aromatic heterocycles. The van der Waals surface area contributed by atoms with Crippen LogP contribution in [0.1, 0.15) is 28.9 Å². The lowest BCUT2D eigenvalue weighted by molar-refractivity contribution is 0.0729. The zero-order valence-corrected chi connectivity index (χ0v) is 12.2. The molecule has 1 amide bonds. The number of amides is 1. The van der Waals surface area contributed by atoms with Gasteiger partial charge in [-0.3, -0.25) is 4.79 Å². The van der Waals surface area contributed by atoms with Crippen molar-refractivity contribution in [2.24, 2.45) is 0 Å². The van der Waals surface area contributed by atoms with Gasteiger partial charge in [0, 0.05) is 23.7 Å². The minimum absolute atomic E-state index is 0.177. The van der Waals surface area contributed by atoms with E-state index in [9.17, 15) is 4.79 Å². The second-order valence-corrected chi connectivity index (χ2v) is 6.22. The van der Waals surface area contributed by atoms with Crippen molar-refractivity contribution in [2.45, 2.75) is 19.3 Å². The molecule has 0 radical (unpaired) electrons. The Hall–Kier alpha value is -1.81. The summed E-state index contributed by atoms with van der Waals surface area (Å²) in [4.78, 5) is 16.3. The van der Waals surface area contributed by atoms with E-state index in [1.807, 2.05) is 41.3 Å². The van der Waals surface area contributed by atoms with Crippen molar-refractivity contribution in [3.05, 3.63) is 41.3 Å². The summed E-state index contributed by atoms with van der Waals surface area (Å²) in [7, 11) is 0. The standard InChI is InChI=1S/C16H18N2OS/c17-13-6-4-12(5-7-13)14-8-9-15(20-14)16(19)18-10-2-1-3-11-18/h4-9H,1-3,10-11,17H2. The van der Waals surface area contributed by atoms with Gasteiger partial charge in [-0.05, 0) is 49.1 Å². The molecule has 2 heterocycles. The molecule has 0 aliphatic carbocycles. The number of hydrogen-bond acceptors (Lipinski definition) is 3. The molecule has 2 aromatic rings. The van der Waals surface area contributed by atoms with Crippen LogP contribution >= 0.6 is 11.3 Å². The number of likely N-dealkylation sites (tertiary alicyclic amines) is 1. The minimum atomic E-state index is 0.177. The van der Waals surface area contributed by atoms with Crippen LogP contribution in [-0.2, 0) is 0 Å². The maximum Gasteiger partial charge on any atom is 0.263 e. The number of thiophene rings is 1. The van der Waals surface area contributed by atoms with Crippen molar-refractivity contribution in [2.75, 3.05) is 18.8 Å². The second kappa shape index (κ2) is 5.67. The lowest BCUT2D eigenvalue weighted by Crippen LogP contribution is -2.35. The van der Waals surface area contributed by atoms with Crippen LogP contribution in [0.25, 0.3) is 10.4 Å². The van der Waals surface area contributed by atoms with Crippen LogP contribution in [0.15, 0.2) is 36.4 Å². The molecule has 20 heavy (non-hydrogen) atoms. The van der Waals surface area contributed by atoms with Gasteiger partial charge in [-0.25, -0.2) is 0 Å². The maximum absolute atomic E-state index is 12.4. The van der Waals surface area contributed by atoms with E-state index in [1.165, 1.54) is 6.42 Å². The Labute approximate surface area is 123 Å². The summed E-state index contributed by atoms with van der Waals surface area (Å²) < 4.78 is 0. The van der Waals surface area contributed by atoms with Gasteiger partial charge in [-0.2, -0.15) is 0 Å². The van der Waals surface area contributed by atoms with Crippen LogP contribution in [-0.4, -0.2) is 23.9 Å². The summed E-state index contributed by atoms with van der Waals surface area (Å²) in [5, 5.41) is 0. The van der Waals surface area contributed by atoms with Crippen molar-refractivity contribution in [1.82, 2.24) is 4.90 Å². The fourth-order valence-corrected chi connectivity index (χ4v) is 3.49. The average molecular weight is 286 g/mol. The molecule has 4 heteroatoms. The Morgan fingerprint density at radius 3 is 2.40 bits per heavy atom. The quantitative estimate of drug-likeness (QED) is 0.857. The molecule has 1 fully saturated rings. The summed E-state index contributed by atoms with van der Waals surface area (Å²) in [6.07, 6.45) is 3.49. The van der Waals surface area contributed by atoms with Crippen LogP contribution < -0.4 is 5.73 Å². The number of rotatable bonds is 2. The number of carbonyl (C=O) groups is 1. The fourth-order valence-electron chi connectivity index (χ4n) is 2.51. The lowest BCUT2D eigenvalue weighted by Gasteiger charge is -2.26. The summed E-state index contributed by atoms with van der Waals surface area (Å²) in [5.41, 5.74) is 7.57. The predicted molar refractivity (Wildman–Crippen MR) is 83.9 cm³/mol. The van der Waals surface area contributed by atoms with Crippen molar-refractivity contribution >= 4 is 22.9 Å². The van der Waals surface area contributed by atoms with Gasteiger partial charge in [-0.1, -0.05) is 12.1 Å². The van der Waals surface area contributed by atoms with Gasteiger partial charge in [-0.15, -0.1) is 11.3 Å². The normalized spacial score (nSPS) is 15.3. The van der Waals surface area contributed by atoms with E-state index in [0.717, 1.165) is 46.9 Å². The Balaban J connectivity index is 1.79. The number of nitrogens with two attached hydrogens (primary N) is 1. The van der Waals surface area contributed by atoms with Gasteiger partial charge in [0.25, 0.3) is 5.91 Å². The zero-order chi connectivity index (χ0) is 13.9. The highest BCUT2D eigenvalue weighted by Gasteiger charge is 2.19. The number of nitrogen functional groups attached to an aromatic ring is 1. The molecule has 2 N–H and O–H groups in total. The Kier molecular flexibility index (Phi) is 3.74. The molecule has 1 aliphatic rings. The molecular weight excluding hydrogens is 268 g/mol. The van der Waals surface area contributed by atoms with E-state index in [1.54, 1.807) is 11.3 Å². The first-order valence-electron chi connectivity index (χ1n) is 6.99. The molecular formula is C16H18N2OS. The molecule has 3 nitrogen and oxygen atoms in total. The topological polar surface area (TPSA) is 46.3 Å². The average Bonchev–Trinajstić information content (AvgIpc) is 2.98. The second-order valence-electron chi connectivity index (χ2n) is 5.14. The summed E-state index contributed by atoms with van der Waals surface area (Å²) in [6, 6.07) is 11.7. The first-order chi connectivity index (χ1) is 9.74. The van der Waals surface area contributed by atoms with Crippen LogP contribution in [0.4, 0.5) is 5.69 Å². The van der Waals surface area contributed by atoms with Crippen LogP contribution in [0.3, 0.4) is 0 Å². The van der Waals surface area contributed by atoms with Crippen LogP contribution in [0.5, 0.6) is 0 Å². The summed E-state index contributed by atoms with van der Waals surface area (Å²) in [5.74, 6) is 0.177. The molecule has 0 bridgehead atoms. The molecule has 0 atom stereocenters. The van der Waals surface area contributed by atoms with Gasteiger partial charge < -0.3 is 10.6 Å².